The van der Waals surface area contributed by atoms with Gasteiger partial charge in [-0.3, -0.25) is 4.79 Å². The number of alkyl halides is 3. The summed E-state index contributed by atoms with van der Waals surface area (Å²) in [6.07, 6.45) is -4.39. The van der Waals surface area contributed by atoms with Gasteiger partial charge < -0.3 is 10.1 Å². The van der Waals surface area contributed by atoms with Crippen LogP contribution in [0.15, 0.2) is 53.4 Å². The van der Waals surface area contributed by atoms with Crippen LogP contribution in [0.2, 0.25) is 0 Å². The van der Waals surface area contributed by atoms with E-state index >= 15 is 0 Å². The van der Waals surface area contributed by atoms with Crippen molar-refractivity contribution in [2.75, 3.05) is 18.2 Å². The number of nitrogens with one attached hydrogen (secondary N) is 1. The molecule has 0 aliphatic rings. The quantitative estimate of drug-likeness (QED) is 0.817. The Kier molecular flexibility index (Phi) is 5.54. The summed E-state index contributed by atoms with van der Waals surface area (Å²) in [6.45, 7) is 0. The fourth-order valence-electron chi connectivity index (χ4n) is 1.78. The summed E-state index contributed by atoms with van der Waals surface area (Å²) >= 11 is 1.05. The van der Waals surface area contributed by atoms with E-state index in [-0.39, 0.29) is 11.7 Å². The zero-order valence-corrected chi connectivity index (χ0v) is 13.0. The van der Waals surface area contributed by atoms with Crippen molar-refractivity contribution in [1.29, 1.82) is 0 Å². The molecule has 0 saturated heterocycles. The van der Waals surface area contributed by atoms with Crippen molar-refractivity contribution in [3.8, 4) is 5.75 Å². The van der Waals surface area contributed by atoms with E-state index in [4.69, 9.17) is 4.74 Å². The van der Waals surface area contributed by atoms with Crippen molar-refractivity contribution < 1.29 is 22.7 Å². The van der Waals surface area contributed by atoms with Crippen molar-refractivity contribution in [2.45, 2.75) is 11.1 Å². The molecule has 1 amide bonds. The lowest BCUT2D eigenvalue weighted by Crippen LogP contribution is -2.14. The first kappa shape index (κ1) is 17.2. The van der Waals surface area contributed by atoms with Gasteiger partial charge in [-0.2, -0.15) is 13.2 Å². The molecule has 1 N–H and O–H groups in total. The number of methoxy groups -OCH3 is 1. The summed E-state index contributed by atoms with van der Waals surface area (Å²) in [5.41, 5.74) is -0.126. The third-order valence-electron chi connectivity index (χ3n) is 2.91. The standard InChI is InChI=1S/C16H14F3NO2S/c1-22-13-7-5-12(6-8-13)20-15(21)10-23-14-4-2-3-11(9-14)16(17,18)19/h2-9H,10H2,1H3,(H,20,21). The number of ether oxygens (including phenoxy) is 1. The molecule has 0 aliphatic heterocycles. The third-order valence-corrected chi connectivity index (χ3v) is 3.90. The maximum atomic E-state index is 12.6. The summed E-state index contributed by atoms with van der Waals surface area (Å²) < 4.78 is 42.9. The van der Waals surface area contributed by atoms with Crippen LogP contribution in [0.5, 0.6) is 5.75 Å². The Morgan fingerprint density at radius 2 is 1.87 bits per heavy atom. The van der Waals surface area contributed by atoms with Crippen LogP contribution in [0, 0.1) is 0 Å². The number of anilines is 1. The highest BCUT2D eigenvalue weighted by Gasteiger charge is 2.30. The van der Waals surface area contributed by atoms with Crippen molar-refractivity contribution in [3.05, 3.63) is 54.1 Å². The highest BCUT2D eigenvalue weighted by atomic mass is 32.2. The van der Waals surface area contributed by atoms with Crippen LogP contribution in [-0.4, -0.2) is 18.8 Å². The first-order chi connectivity index (χ1) is 10.9. The Morgan fingerprint density at radius 1 is 1.17 bits per heavy atom. The molecule has 3 nitrogen and oxygen atoms in total. The minimum atomic E-state index is -4.39. The molecule has 0 aromatic heterocycles. The van der Waals surface area contributed by atoms with Crippen molar-refractivity contribution >= 4 is 23.4 Å². The van der Waals surface area contributed by atoms with Gasteiger partial charge in [0.25, 0.3) is 0 Å². The zero-order chi connectivity index (χ0) is 16.9. The van der Waals surface area contributed by atoms with Gasteiger partial charge in [-0.25, -0.2) is 0 Å². The van der Waals surface area contributed by atoms with Crippen LogP contribution < -0.4 is 10.1 Å². The number of amides is 1. The summed E-state index contributed by atoms with van der Waals surface area (Å²) in [6, 6.07) is 11.7. The molecule has 2 aromatic rings. The minimum absolute atomic E-state index is 0.0212. The molecule has 2 aromatic carbocycles. The average molecular weight is 341 g/mol. The fourth-order valence-corrected chi connectivity index (χ4v) is 2.54. The topological polar surface area (TPSA) is 38.3 Å². The summed E-state index contributed by atoms with van der Waals surface area (Å²) in [5, 5.41) is 2.67. The van der Waals surface area contributed by atoms with Crippen LogP contribution in [0.25, 0.3) is 0 Å². The van der Waals surface area contributed by atoms with E-state index < -0.39 is 11.7 Å². The fraction of sp³-hybridized carbons (Fsp3) is 0.188. The van der Waals surface area contributed by atoms with Crippen molar-refractivity contribution in [3.63, 3.8) is 0 Å². The second-order valence-electron chi connectivity index (χ2n) is 4.59. The third kappa shape index (κ3) is 5.21. The van der Waals surface area contributed by atoms with Gasteiger partial charge in [0.2, 0.25) is 5.91 Å². The molecule has 0 fully saturated rings. The van der Waals surface area contributed by atoms with Gasteiger partial charge in [0, 0.05) is 10.6 Å². The van der Waals surface area contributed by atoms with E-state index in [0.29, 0.717) is 16.3 Å². The molecule has 0 saturated carbocycles. The minimum Gasteiger partial charge on any atom is -0.497 e. The smallest absolute Gasteiger partial charge is 0.416 e. The number of halogens is 3. The zero-order valence-electron chi connectivity index (χ0n) is 12.2. The van der Waals surface area contributed by atoms with Gasteiger partial charge in [0.1, 0.15) is 5.75 Å². The Bertz CT molecular complexity index is 672. The van der Waals surface area contributed by atoms with E-state index in [0.717, 1.165) is 23.9 Å². The summed E-state index contributed by atoms with van der Waals surface area (Å²) in [7, 11) is 1.54. The van der Waals surface area contributed by atoms with Crippen LogP contribution in [-0.2, 0) is 11.0 Å². The normalized spacial score (nSPS) is 11.1. The van der Waals surface area contributed by atoms with Gasteiger partial charge >= 0.3 is 6.18 Å². The van der Waals surface area contributed by atoms with E-state index in [2.05, 4.69) is 5.32 Å². The van der Waals surface area contributed by atoms with Crippen LogP contribution in [0.3, 0.4) is 0 Å². The predicted molar refractivity (Wildman–Crippen MR) is 83.8 cm³/mol. The van der Waals surface area contributed by atoms with Crippen molar-refractivity contribution in [1.82, 2.24) is 0 Å². The maximum absolute atomic E-state index is 12.6. The molecule has 0 spiro atoms. The number of hydrogen-bond donors (Lipinski definition) is 1. The second-order valence-corrected chi connectivity index (χ2v) is 5.64. The molecule has 0 bridgehead atoms. The Morgan fingerprint density at radius 3 is 2.48 bits per heavy atom. The largest absolute Gasteiger partial charge is 0.497 e. The number of thioether (sulfide) groups is 1. The number of hydrogen-bond acceptors (Lipinski definition) is 3. The van der Waals surface area contributed by atoms with Gasteiger partial charge in [0.05, 0.1) is 18.4 Å². The molecule has 7 heteroatoms. The molecular formula is C16H14F3NO2S. The molecule has 0 aliphatic carbocycles. The number of carbonyl (C=O) groups is 1. The Balaban J connectivity index is 1.91. The Labute approximate surface area is 135 Å². The van der Waals surface area contributed by atoms with Gasteiger partial charge in [-0.1, -0.05) is 6.07 Å². The second kappa shape index (κ2) is 7.41. The number of benzene rings is 2. The first-order valence-electron chi connectivity index (χ1n) is 6.62. The molecule has 122 valence electrons. The average Bonchev–Trinajstić information content (AvgIpc) is 2.53. The predicted octanol–water partition coefficient (Wildman–Crippen LogP) is 4.44. The van der Waals surface area contributed by atoms with Crippen molar-refractivity contribution in [2.24, 2.45) is 0 Å². The lowest BCUT2D eigenvalue weighted by molar-refractivity contribution is -0.137. The van der Waals surface area contributed by atoms with E-state index in [1.54, 1.807) is 37.4 Å². The molecule has 0 atom stereocenters. The lowest BCUT2D eigenvalue weighted by Gasteiger charge is -2.09. The van der Waals surface area contributed by atoms with Crippen LogP contribution in [0.1, 0.15) is 5.56 Å². The first-order valence-corrected chi connectivity index (χ1v) is 7.61. The van der Waals surface area contributed by atoms with E-state index in [1.165, 1.54) is 6.07 Å². The van der Waals surface area contributed by atoms with Gasteiger partial charge in [-0.15, -0.1) is 11.8 Å². The molecule has 23 heavy (non-hydrogen) atoms. The van der Waals surface area contributed by atoms with Gasteiger partial charge in [0.15, 0.2) is 0 Å². The molecule has 0 radical (unpaired) electrons. The molecule has 2 rings (SSSR count). The van der Waals surface area contributed by atoms with E-state index in [1.807, 2.05) is 0 Å². The van der Waals surface area contributed by atoms with E-state index in [9.17, 15) is 18.0 Å². The summed E-state index contributed by atoms with van der Waals surface area (Å²) in [4.78, 5) is 12.2. The maximum Gasteiger partial charge on any atom is 0.416 e. The lowest BCUT2D eigenvalue weighted by atomic mass is 10.2. The Hall–Kier alpha value is -2.15. The van der Waals surface area contributed by atoms with Crippen LogP contribution >= 0.6 is 11.8 Å². The highest BCUT2D eigenvalue weighted by molar-refractivity contribution is 8.00. The molecule has 0 unspecified atom stereocenters. The highest BCUT2D eigenvalue weighted by Crippen LogP contribution is 2.31. The monoisotopic (exact) mass is 341 g/mol. The SMILES string of the molecule is COc1ccc(NC(=O)CSc2cccc(C(F)(F)F)c2)cc1. The number of rotatable bonds is 5. The molecular weight excluding hydrogens is 327 g/mol. The molecule has 0 heterocycles. The number of carbonyl (C=O) groups excluding carboxylic acids is 1. The van der Waals surface area contributed by atoms with Gasteiger partial charge in [-0.05, 0) is 42.5 Å². The summed E-state index contributed by atoms with van der Waals surface area (Å²) in [5.74, 6) is 0.395. The van der Waals surface area contributed by atoms with Crippen LogP contribution in [0.4, 0.5) is 18.9 Å².